The summed E-state index contributed by atoms with van der Waals surface area (Å²) in [4.78, 5) is 21.0. The van der Waals surface area contributed by atoms with Crippen LogP contribution < -0.4 is 10.2 Å². The molecule has 1 aromatic rings. The van der Waals surface area contributed by atoms with Crippen molar-refractivity contribution < 1.29 is 27.8 Å². The summed E-state index contributed by atoms with van der Waals surface area (Å²) in [5.41, 5.74) is -3.10. The van der Waals surface area contributed by atoms with Gasteiger partial charge in [-0.05, 0) is 50.7 Å². The van der Waals surface area contributed by atoms with Gasteiger partial charge in [0.05, 0.1) is 23.7 Å². The highest BCUT2D eigenvalue weighted by molar-refractivity contribution is 5.88. The van der Waals surface area contributed by atoms with Gasteiger partial charge in [-0.1, -0.05) is 13.0 Å². The quantitative estimate of drug-likeness (QED) is 0.689. The molecule has 0 radical (unpaired) electrons. The number of pyridine rings is 1. The fraction of sp³-hybridized carbons (Fsp3) is 0.750. The second-order valence-electron chi connectivity index (χ2n) is 10.6. The van der Waals surface area contributed by atoms with Crippen molar-refractivity contribution >= 4 is 11.7 Å². The summed E-state index contributed by atoms with van der Waals surface area (Å²) < 4.78 is 45.0. The SMILES string of the molecule is CC1COCCC1N[C@@H]1CC[C@@]2(C1)C(=O)N1CCN(c3cccc(C(F)(F)F)n3)CC1C2(C)O. The molecular weight excluding hydrogens is 449 g/mol. The number of hydrogen-bond acceptors (Lipinski definition) is 6. The Balaban J connectivity index is 1.33. The van der Waals surface area contributed by atoms with Crippen LogP contribution in [0, 0.1) is 11.3 Å². The smallest absolute Gasteiger partial charge is 0.387 e. The number of amides is 1. The molecule has 1 spiro atoms. The van der Waals surface area contributed by atoms with Gasteiger partial charge in [-0.15, -0.1) is 0 Å². The number of carbonyl (C=O) groups excluding carboxylic acids is 1. The highest BCUT2D eigenvalue weighted by Crippen LogP contribution is 2.55. The van der Waals surface area contributed by atoms with Gasteiger partial charge in [0.2, 0.25) is 5.91 Å². The summed E-state index contributed by atoms with van der Waals surface area (Å²) in [6.07, 6.45) is -1.61. The molecule has 7 nitrogen and oxygen atoms in total. The van der Waals surface area contributed by atoms with E-state index >= 15 is 0 Å². The molecular formula is C24H33F3N4O3. The molecule has 1 aliphatic carbocycles. The molecule has 1 amide bonds. The Morgan fingerprint density at radius 1 is 1.26 bits per heavy atom. The van der Waals surface area contributed by atoms with Crippen LogP contribution in [0.2, 0.25) is 0 Å². The molecule has 0 bridgehead atoms. The Labute approximate surface area is 197 Å². The van der Waals surface area contributed by atoms with E-state index in [2.05, 4.69) is 17.2 Å². The zero-order valence-corrected chi connectivity index (χ0v) is 19.6. The highest BCUT2D eigenvalue weighted by Gasteiger charge is 2.68. The predicted molar refractivity (Wildman–Crippen MR) is 119 cm³/mol. The summed E-state index contributed by atoms with van der Waals surface area (Å²) >= 11 is 0. The van der Waals surface area contributed by atoms with E-state index in [9.17, 15) is 23.1 Å². The lowest BCUT2D eigenvalue weighted by molar-refractivity contribution is -0.141. The van der Waals surface area contributed by atoms with Crippen LogP contribution in [0.5, 0.6) is 0 Å². The number of nitrogens with one attached hydrogen (secondary N) is 1. The van der Waals surface area contributed by atoms with Gasteiger partial charge in [0.15, 0.2) is 0 Å². The van der Waals surface area contributed by atoms with Crippen LogP contribution in [0.1, 0.15) is 45.2 Å². The van der Waals surface area contributed by atoms with Crippen molar-refractivity contribution in [3.05, 3.63) is 23.9 Å². The van der Waals surface area contributed by atoms with Crippen LogP contribution in [0.3, 0.4) is 0 Å². The van der Waals surface area contributed by atoms with Crippen LogP contribution in [-0.2, 0) is 15.7 Å². The molecule has 6 atom stereocenters. The van der Waals surface area contributed by atoms with Crippen molar-refractivity contribution in [2.24, 2.45) is 11.3 Å². The average Bonchev–Trinajstić information content (AvgIpc) is 3.30. The van der Waals surface area contributed by atoms with Gasteiger partial charge in [0.1, 0.15) is 11.5 Å². The van der Waals surface area contributed by atoms with Crippen LogP contribution in [0.25, 0.3) is 0 Å². The normalized spacial score (nSPS) is 38.6. The topological polar surface area (TPSA) is 77.9 Å². The van der Waals surface area contributed by atoms with E-state index in [0.717, 1.165) is 32.1 Å². The van der Waals surface area contributed by atoms with Crippen LogP contribution in [0.15, 0.2) is 18.2 Å². The average molecular weight is 483 g/mol. The molecule has 1 aromatic heterocycles. The zero-order valence-electron chi connectivity index (χ0n) is 19.6. The summed E-state index contributed by atoms with van der Waals surface area (Å²) in [7, 11) is 0. The van der Waals surface area contributed by atoms with E-state index < -0.39 is 28.9 Å². The lowest BCUT2D eigenvalue weighted by atomic mass is 9.70. The molecule has 4 unspecified atom stereocenters. The van der Waals surface area contributed by atoms with Crippen molar-refractivity contribution in [1.82, 2.24) is 15.2 Å². The third-order valence-electron chi connectivity index (χ3n) is 8.62. The fourth-order valence-electron chi connectivity index (χ4n) is 6.55. The van der Waals surface area contributed by atoms with Crippen molar-refractivity contribution in [2.75, 3.05) is 37.7 Å². The Morgan fingerprint density at radius 2 is 2.06 bits per heavy atom. The second kappa shape index (κ2) is 8.34. The van der Waals surface area contributed by atoms with Crippen molar-refractivity contribution in [3.63, 3.8) is 0 Å². The standard InChI is InChI=1S/C24H33F3N4O3/c1-15-14-34-11-7-17(15)28-16-6-8-23(12-16)21(32)31-10-9-30(13-19(31)22(23,2)33)20-5-3-4-18(29-20)24(25,26)27/h3-5,15-17,19,28,33H,6-14H2,1-2H3/t15?,16-,17?,19?,22?,23-/m1/s1. The minimum absolute atomic E-state index is 0.0246. The minimum atomic E-state index is -4.52. The number of anilines is 1. The van der Waals surface area contributed by atoms with Gasteiger partial charge in [0, 0.05) is 38.3 Å². The Morgan fingerprint density at radius 3 is 2.79 bits per heavy atom. The Kier molecular flexibility index (Phi) is 5.84. The molecule has 2 N–H and O–H groups in total. The number of carbonyl (C=O) groups is 1. The lowest BCUT2D eigenvalue weighted by Gasteiger charge is -2.43. The first-order chi connectivity index (χ1) is 16.0. The Hall–Kier alpha value is -1.91. The maximum absolute atomic E-state index is 13.6. The number of piperazine rings is 1. The first kappa shape index (κ1) is 23.8. The third kappa shape index (κ3) is 3.78. The van der Waals surface area contributed by atoms with E-state index in [1.807, 2.05) is 0 Å². The number of nitrogens with zero attached hydrogens (tertiary/aromatic N) is 3. The monoisotopic (exact) mass is 482 g/mol. The number of ether oxygens (including phenoxy) is 1. The third-order valence-corrected chi connectivity index (χ3v) is 8.62. The predicted octanol–water partition coefficient (Wildman–Crippen LogP) is 2.44. The molecule has 4 aliphatic rings. The summed E-state index contributed by atoms with van der Waals surface area (Å²) in [5, 5.41) is 15.5. The van der Waals surface area contributed by atoms with Crippen LogP contribution in [-0.4, -0.2) is 77.5 Å². The molecule has 3 saturated heterocycles. The summed E-state index contributed by atoms with van der Waals surface area (Å²) in [6.45, 7) is 6.34. The molecule has 34 heavy (non-hydrogen) atoms. The van der Waals surface area contributed by atoms with Gasteiger partial charge in [-0.2, -0.15) is 13.2 Å². The summed E-state index contributed by atoms with van der Waals surface area (Å²) in [5.74, 6) is 0.589. The molecule has 10 heteroatoms. The molecule has 4 fully saturated rings. The van der Waals surface area contributed by atoms with E-state index in [1.165, 1.54) is 6.07 Å². The maximum atomic E-state index is 13.6. The number of halogens is 3. The Bertz CT molecular complexity index is 942. The van der Waals surface area contributed by atoms with Crippen molar-refractivity contribution in [1.29, 1.82) is 0 Å². The molecule has 4 heterocycles. The van der Waals surface area contributed by atoms with E-state index in [-0.39, 0.29) is 24.3 Å². The molecule has 188 valence electrons. The van der Waals surface area contributed by atoms with Gasteiger partial charge < -0.3 is 25.0 Å². The highest BCUT2D eigenvalue weighted by atomic mass is 19.4. The first-order valence-corrected chi connectivity index (χ1v) is 12.2. The maximum Gasteiger partial charge on any atom is 0.433 e. The van der Waals surface area contributed by atoms with Crippen molar-refractivity contribution in [2.45, 2.75) is 69.4 Å². The number of aliphatic hydroxyl groups is 1. The van der Waals surface area contributed by atoms with Crippen LogP contribution in [0.4, 0.5) is 19.0 Å². The second-order valence-corrected chi connectivity index (χ2v) is 10.6. The zero-order chi connectivity index (χ0) is 24.3. The van der Waals surface area contributed by atoms with Crippen molar-refractivity contribution in [3.8, 4) is 0 Å². The molecule has 1 saturated carbocycles. The molecule has 0 aromatic carbocycles. The van der Waals surface area contributed by atoms with Gasteiger partial charge in [-0.3, -0.25) is 4.79 Å². The van der Waals surface area contributed by atoms with Crippen LogP contribution >= 0.6 is 0 Å². The number of hydrogen-bond donors (Lipinski definition) is 2. The first-order valence-electron chi connectivity index (χ1n) is 12.2. The minimum Gasteiger partial charge on any atom is -0.387 e. The van der Waals surface area contributed by atoms with E-state index in [4.69, 9.17) is 4.74 Å². The fourth-order valence-corrected chi connectivity index (χ4v) is 6.55. The largest absolute Gasteiger partial charge is 0.433 e. The van der Waals surface area contributed by atoms with Gasteiger partial charge >= 0.3 is 6.18 Å². The van der Waals surface area contributed by atoms with Gasteiger partial charge in [-0.25, -0.2) is 4.98 Å². The number of rotatable bonds is 3. The summed E-state index contributed by atoms with van der Waals surface area (Å²) in [6, 6.07) is 3.84. The van der Waals surface area contributed by atoms with E-state index in [0.29, 0.717) is 37.9 Å². The van der Waals surface area contributed by atoms with Gasteiger partial charge in [0.25, 0.3) is 0 Å². The number of fused-ring (bicyclic) bond motifs is 1. The van der Waals surface area contributed by atoms with E-state index in [1.54, 1.807) is 22.8 Å². The molecule has 5 rings (SSSR count). The number of alkyl halides is 3. The number of aromatic nitrogens is 1. The lowest BCUT2D eigenvalue weighted by Crippen LogP contribution is -2.58. The molecule has 3 aliphatic heterocycles.